The van der Waals surface area contributed by atoms with Gasteiger partial charge in [-0.2, -0.15) is 0 Å². The minimum Gasteiger partial charge on any atom is -0.485 e. The van der Waals surface area contributed by atoms with Crippen molar-refractivity contribution in [3.05, 3.63) is 36.2 Å². The van der Waals surface area contributed by atoms with Crippen LogP contribution in [0.2, 0.25) is 0 Å². The first kappa shape index (κ1) is 13.1. The van der Waals surface area contributed by atoms with Crippen molar-refractivity contribution < 1.29 is 4.74 Å². The van der Waals surface area contributed by atoms with Crippen molar-refractivity contribution in [2.75, 3.05) is 0 Å². The maximum absolute atomic E-state index is 5.91. The molecule has 98 valence electrons. The fraction of sp³-hybridized carbons (Fsp3) is 0.533. The third kappa shape index (κ3) is 3.84. The summed E-state index contributed by atoms with van der Waals surface area (Å²) in [6.45, 7) is 2.09. The molecule has 0 bridgehead atoms. The molecule has 1 aromatic rings. The fourth-order valence-corrected chi connectivity index (χ4v) is 2.07. The maximum atomic E-state index is 5.91. The van der Waals surface area contributed by atoms with Crippen LogP contribution in [0, 0.1) is 0 Å². The molecule has 18 heavy (non-hydrogen) atoms. The molecule has 0 amide bonds. The molecule has 0 spiro atoms. The third-order valence-corrected chi connectivity index (χ3v) is 3.29. The summed E-state index contributed by atoms with van der Waals surface area (Å²) in [6.07, 6.45) is 11.6. The van der Waals surface area contributed by atoms with Crippen LogP contribution >= 0.6 is 0 Å². The molecule has 0 aromatic carbocycles. The summed E-state index contributed by atoms with van der Waals surface area (Å²) in [5.41, 5.74) is 6.95. The number of pyridine rings is 1. The van der Waals surface area contributed by atoms with Crippen LogP contribution in [0.1, 0.15) is 38.3 Å². The molecule has 0 saturated heterocycles. The van der Waals surface area contributed by atoms with Gasteiger partial charge in [0.15, 0.2) is 0 Å². The van der Waals surface area contributed by atoms with Gasteiger partial charge in [-0.05, 0) is 43.9 Å². The predicted molar refractivity (Wildman–Crippen MR) is 73.6 cm³/mol. The molecule has 2 N–H and O–H groups in total. The normalized spacial score (nSPS) is 20.7. The van der Waals surface area contributed by atoms with Crippen molar-refractivity contribution in [3.63, 3.8) is 0 Å². The first-order valence-electron chi connectivity index (χ1n) is 6.81. The van der Waals surface area contributed by atoms with Gasteiger partial charge in [-0.15, -0.1) is 0 Å². The Bertz CT molecular complexity index is 386. The van der Waals surface area contributed by atoms with E-state index in [1.54, 1.807) is 6.20 Å². The van der Waals surface area contributed by atoms with E-state index in [1.165, 1.54) is 12.8 Å². The van der Waals surface area contributed by atoms with Crippen LogP contribution in [0.5, 0.6) is 5.75 Å². The maximum Gasteiger partial charge on any atom is 0.138 e. The van der Waals surface area contributed by atoms with Crippen molar-refractivity contribution >= 4 is 0 Å². The first-order chi connectivity index (χ1) is 8.78. The lowest BCUT2D eigenvalue weighted by molar-refractivity contribution is 0.229. The van der Waals surface area contributed by atoms with Crippen LogP contribution in [-0.4, -0.2) is 17.1 Å². The van der Waals surface area contributed by atoms with Crippen LogP contribution < -0.4 is 10.5 Å². The van der Waals surface area contributed by atoms with Crippen molar-refractivity contribution in [1.29, 1.82) is 0 Å². The zero-order valence-corrected chi connectivity index (χ0v) is 11.0. The monoisotopic (exact) mass is 246 g/mol. The number of allylic oxidation sites excluding steroid dienone is 1. The average molecular weight is 246 g/mol. The topological polar surface area (TPSA) is 48.1 Å². The second-order valence-electron chi connectivity index (χ2n) is 4.87. The predicted octanol–water partition coefficient (Wildman–Crippen LogP) is 2.85. The quantitative estimate of drug-likeness (QED) is 0.813. The van der Waals surface area contributed by atoms with Crippen LogP contribution in [0.4, 0.5) is 0 Å². The minimum absolute atomic E-state index is 0.200. The van der Waals surface area contributed by atoms with E-state index < -0.39 is 0 Å². The molecule has 1 aromatic heterocycles. The number of hydrogen-bond donors (Lipinski definition) is 1. The molecule has 1 aliphatic carbocycles. The van der Waals surface area contributed by atoms with E-state index in [-0.39, 0.29) is 12.1 Å². The lowest BCUT2D eigenvalue weighted by Gasteiger charge is -2.18. The van der Waals surface area contributed by atoms with Gasteiger partial charge in [0.1, 0.15) is 11.9 Å². The molecule has 0 fully saturated rings. The van der Waals surface area contributed by atoms with Gasteiger partial charge in [0, 0.05) is 18.2 Å². The fourth-order valence-electron chi connectivity index (χ4n) is 2.07. The average Bonchev–Trinajstić information content (AvgIpc) is 2.42. The number of rotatable bonds is 5. The Labute approximate surface area is 109 Å². The standard InChI is InChI=1S/C15H22N2O/c1-2-12(16)10-13-8-9-15(11-17-13)18-14-6-4-3-5-7-14/h4,6,8-9,11-12,14H,2-3,5,7,10,16H2,1H3. The second-order valence-corrected chi connectivity index (χ2v) is 4.87. The number of nitrogens with two attached hydrogens (primary N) is 1. The highest BCUT2D eigenvalue weighted by molar-refractivity contribution is 5.21. The zero-order chi connectivity index (χ0) is 12.8. The van der Waals surface area contributed by atoms with E-state index in [0.717, 1.165) is 30.7 Å². The summed E-state index contributed by atoms with van der Waals surface area (Å²) in [6, 6.07) is 4.20. The molecule has 2 atom stereocenters. The molecule has 2 rings (SSSR count). The summed E-state index contributed by atoms with van der Waals surface area (Å²) >= 11 is 0. The minimum atomic E-state index is 0.200. The van der Waals surface area contributed by atoms with Crippen molar-refractivity contribution in [3.8, 4) is 5.75 Å². The van der Waals surface area contributed by atoms with Crippen molar-refractivity contribution in [1.82, 2.24) is 4.98 Å². The Morgan fingerprint density at radius 1 is 1.50 bits per heavy atom. The van der Waals surface area contributed by atoms with E-state index in [2.05, 4.69) is 24.1 Å². The summed E-state index contributed by atoms with van der Waals surface area (Å²) < 4.78 is 5.86. The van der Waals surface area contributed by atoms with Gasteiger partial charge in [0.2, 0.25) is 0 Å². The molecule has 1 heterocycles. The molecule has 3 nitrogen and oxygen atoms in total. The third-order valence-electron chi connectivity index (χ3n) is 3.29. The van der Waals surface area contributed by atoms with Gasteiger partial charge in [0.25, 0.3) is 0 Å². The van der Waals surface area contributed by atoms with Crippen LogP contribution in [0.3, 0.4) is 0 Å². The summed E-state index contributed by atoms with van der Waals surface area (Å²) in [7, 11) is 0. The summed E-state index contributed by atoms with van der Waals surface area (Å²) in [4.78, 5) is 4.40. The van der Waals surface area contributed by atoms with E-state index in [9.17, 15) is 0 Å². The van der Waals surface area contributed by atoms with Crippen LogP contribution in [0.15, 0.2) is 30.5 Å². The van der Waals surface area contributed by atoms with E-state index >= 15 is 0 Å². The van der Waals surface area contributed by atoms with E-state index in [4.69, 9.17) is 10.5 Å². The van der Waals surface area contributed by atoms with Crippen LogP contribution in [-0.2, 0) is 6.42 Å². The van der Waals surface area contributed by atoms with Gasteiger partial charge in [-0.25, -0.2) is 0 Å². The highest BCUT2D eigenvalue weighted by atomic mass is 16.5. The first-order valence-corrected chi connectivity index (χ1v) is 6.81. The lowest BCUT2D eigenvalue weighted by Crippen LogP contribution is -2.22. The Kier molecular flexibility index (Phi) is 4.76. The zero-order valence-electron chi connectivity index (χ0n) is 11.0. The molecule has 0 aliphatic heterocycles. The Morgan fingerprint density at radius 3 is 3.00 bits per heavy atom. The molecule has 3 heteroatoms. The van der Waals surface area contributed by atoms with E-state index in [0.29, 0.717) is 0 Å². The number of ether oxygens (including phenoxy) is 1. The largest absolute Gasteiger partial charge is 0.485 e. The smallest absolute Gasteiger partial charge is 0.138 e. The van der Waals surface area contributed by atoms with E-state index in [1.807, 2.05) is 12.1 Å². The summed E-state index contributed by atoms with van der Waals surface area (Å²) in [5, 5.41) is 0. The number of aromatic nitrogens is 1. The van der Waals surface area contributed by atoms with Gasteiger partial charge in [-0.3, -0.25) is 4.98 Å². The molecule has 2 unspecified atom stereocenters. The van der Waals surface area contributed by atoms with Crippen molar-refractivity contribution in [2.24, 2.45) is 5.73 Å². The molecule has 0 radical (unpaired) electrons. The van der Waals surface area contributed by atoms with Crippen LogP contribution in [0.25, 0.3) is 0 Å². The highest BCUT2D eigenvalue weighted by Gasteiger charge is 2.10. The number of nitrogens with zero attached hydrogens (tertiary/aromatic N) is 1. The van der Waals surface area contributed by atoms with Gasteiger partial charge in [0.05, 0.1) is 6.20 Å². The molecule has 0 saturated carbocycles. The Morgan fingerprint density at radius 2 is 2.39 bits per heavy atom. The second kappa shape index (κ2) is 6.55. The summed E-state index contributed by atoms with van der Waals surface area (Å²) in [5.74, 6) is 0.848. The number of hydrogen-bond acceptors (Lipinski definition) is 3. The van der Waals surface area contributed by atoms with Gasteiger partial charge >= 0.3 is 0 Å². The van der Waals surface area contributed by atoms with Crippen molar-refractivity contribution in [2.45, 2.75) is 51.2 Å². The van der Waals surface area contributed by atoms with Gasteiger partial charge < -0.3 is 10.5 Å². The Balaban J connectivity index is 1.90. The van der Waals surface area contributed by atoms with Gasteiger partial charge in [-0.1, -0.05) is 13.0 Å². The lowest BCUT2D eigenvalue weighted by atomic mass is 10.1. The molecular formula is C15H22N2O. The SMILES string of the molecule is CCC(N)Cc1ccc(OC2C=CCCC2)cn1. The Hall–Kier alpha value is -1.35. The highest BCUT2D eigenvalue weighted by Crippen LogP contribution is 2.18. The molecule has 1 aliphatic rings. The molecular weight excluding hydrogens is 224 g/mol.